The smallest absolute Gasteiger partial charge is 0.142 e. The van der Waals surface area contributed by atoms with Gasteiger partial charge in [0.15, 0.2) is 0 Å². The minimum atomic E-state index is -0.901. The third-order valence-electron chi connectivity index (χ3n) is 3.72. The highest BCUT2D eigenvalue weighted by Crippen LogP contribution is 2.30. The van der Waals surface area contributed by atoms with Gasteiger partial charge in [-0.05, 0) is 23.9 Å². The van der Waals surface area contributed by atoms with E-state index in [0.29, 0.717) is 12.0 Å². The fourth-order valence-electron chi connectivity index (χ4n) is 2.64. The van der Waals surface area contributed by atoms with Crippen molar-refractivity contribution in [1.82, 2.24) is 4.90 Å². The standard InChI is InChI=1S/C15H21N3/c1-14(2)8-9-18(11-14)12-15(17,10-16)13-6-4-3-5-7-13/h3-7H,8-9,11-12,17H2,1-2H3. The molecule has 1 unspecified atom stereocenters. The highest BCUT2D eigenvalue weighted by atomic mass is 15.2. The van der Waals surface area contributed by atoms with Crippen molar-refractivity contribution in [1.29, 1.82) is 5.26 Å². The van der Waals surface area contributed by atoms with Crippen LogP contribution in [0.3, 0.4) is 0 Å². The second kappa shape index (κ2) is 4.72. The summed E-state index contributed by atoms with van der Waals surface area (Å²) in [5, 5.41) is 9.43. The largest absolute Gasteiger partial charge is 0.309 e. The van der Waals surface area contributed by atoms with Gasteiger partial charge in [0.05, 0.1) is 6.07 Å². The van der Waals surface area contributed by atoms with Crippen molar-refractivity contribution in [2.45, 2.75) is 25.8 Å². The quantitative estimate of drug-likeness (QED) is 0.884. The molecule has 0 saturated carbocycles. The van der Waals surface area contributed by atoms with Crippen LogP contribution in [0, 0.1) is 16.7 Å². The van der Waals surface area contributed by atoms with Crippen LogP contribution >= 0.6 is 0 Å². The maximum absolute atomic E-state index is 9.43. The maximum atomic E-state index is 9.43. The summed E-state index contributed by atoms with van der Waals surface area (Å²) in [4.78, 5) is 2.30. The zero-order valence-corrected chi connectivity index (χ0v) is 11.2. The summed E-state index contributed by atoms with van der Waals surface area (Å²) < 4.78 is 0. The lowest BCUT2D eigenvalue weighted by molar-refractivity contribution is 0.253. The first-order valence-electron chi connectivity index (χ1n) is 6.43. The van der Waals surface area contributed by atoms with Crippen molar-refractivity contribution >= 4 is 0 Å². The van der Waals surface area contributed by atoms with Gasteiger partial charge in [-0.3, -0.25) is 4.90 Å². The van der Waals surface area contributed by atoms with Crippen LogP contribution in [0.4, 0.5) is 0 Å². The molecule has 1 fully saturated rings. The number of benzene rings is 1. The van der Waals surface area contributed by atoms with E-state index in [1.165, 1.54) is 6.42 Å². The van der Waals surface area contributed by atoms with Crippen molar-refractivity contribution in [3.63, 3.8) is 0 Å². The highest BCUT2D eigenvalue weighted by Gasteiger charge is 2.35. The number of hydrogen-bond donors (Lipinski definition) is 1. The maximum Gasteiger partial charge on any atom is 0.142 e. The van der Waals surface area contributed by atoms with Crippen LogP contribution in [0.1, 0.15) is 25.8 Å². The normalized spacial score (nSPS) is 22.3. The Balaban J connectivity index is 2.13. The average Bonchev–Trinajstić information content (AvgIpc) is 2.69. The van der Waals surface area contributed by atoms with E-state index in [0.717, 1.165) is 18.7 Å². The third-order valence-corrected chi connectivity index (χ3v) is 3.72. The van der Waals surface area contributed by atoms with Crippen LogP contribution in [-0.2, 0) is 5.54 Å². The van der Waals surface area contributed by atoms with Crippen LogP contribution in [0.15, 0.2) is 30.3 Å². The topological polar surface area (TPSA) is 53.0 Å². The lowest BCUT2D eigenvalue weighted by Gasteiger charge is -2.28. The van der Waals surface area contributed by atoms with Crippen molar-refractivity contribution in [3.8, 4) is 6.07 Å². The first-order valence-corrected chi connectivity index (χ1v) is 6.43. The number of rotatable bonds is 3. The van der Waals surface area contributed by atoms with E-state index >= 15 is 0 Å². The number of hydrogen-bond acceptors (Lipinski definition) is 3. The molecule has 2 rings (SSSR count). The lowest BCUT2D eigenvalue weighted by Crippen LogP contribution is -2.46. The Morgan fingerprint density at radius 3 is 2.56 bits per heavy atom. The van der Waals surface area contributed by atoms with Crippen LogP contribution in [-0.4, -0.2) is 24.5 Å². The summed E-state index contributed by atoms with van der Waals surface area (Å²) in [6, 6.07) is 12.0. The van der Waals surface area contributed by atoms with Gasteiger partial charge in [0.1, 0.15) is 5.54 Å². The molecule has 3 nitrogen and oxygen atoms in total. The van der Waals surface area contributed by atoms with Crippen molar-refractivity contribution in [2.24, 2.45) is 11.1 Å². The van der Waals surface area contributed by atoms with E-state index in [4.69, 9.17) is 5.73 Å². The molecular formula is C15H21N3. The number of likely N-dealkylation sites (tertiary alicyclic amines) is 1. The van der Waals surface area contributed by atoms with Gasteiger partial charge in [-0.1, -0.05) is 44.2 Å². The Hall–Kier alpha value is -1.37. The van der Waals surface area contributed by atoms with Crippen LogP contribution in [0.2, 0.25) is 0 Å². The molecule has 0 amide bonds. The molecular weight excluding hydrogens is 222 g/mol. The van der Waals surface area contributed by atoms with Gasteiger partial charge in [0.25, 0.3) is 0 Å². The fourth-order valence-corrected chi connectivity index (χ4v) is 2.64. The summed E-state index contributed by atoms with van der Waals surface area (Å²) in [5.74, 6) is 0. The minimum absolute atomic E-state index is 0.340. The van der Waals surface area contributed by atoms with Crippen LogP contribution in [0.25, 0.3) is 0 Å². The van der Waals surface area contributed by atoms with Gasteiger partial charge in [-0.2, -0.15) is 5.26 Å². The van der Waals surface area contributed by atoms with Crippen molar-refractivity contribution in [3.05, 3.63) is 35.9 Å². The Labute approximate surface area is 109 Å². The molecule has 0 aromatic heterocycles. The van der Waals surface area contributed by atoms with E-state index in [-0.39, 0.29) is 0 Å². The molecule has 1 heterocycles. The number of nitrogens with two attached hydrogens (primary N) is 1. The second-order valence-electron chi connectivity index (χ2n) is 6.07. The predicted octanol–water partition coefficient (Wildman–Crippen LogP) is 2.10. The third kappa shape index (κ3) is 2.72. The SMILES string of the molecule is CC1(C)CCN(CC(N)(C#N)c2ccccc2)C1. The second-order valence-corrected chi connectivity index (χ2v) is 6.07. The average molecular weight is 243 g/mol. The lowest BCUT2D eigenvalue weighted by atomic mass is 9.91. The summed E-state index contributed by atoms with van der Waals surface area (Å²) in [5.41, 5.74) is 6.62. The van der Waals surface area contributed by atoms with E-state index in [1.807, 2.05) is 30.3 Å². The van der Waals surface area contributed by atoms with Gasteiger partial charge in [-0.15, -0.1) is 0 Å². The highest BCUT2D eigenvalue weighted by molar-refractivity contribution is 5.31. The molecule has 0 aliphatic carbocycles. The molecule has 1 aliphatic heterocycles. The predicted molar refractivity (Wildman–Crippen MR) is 72.8 cm³/mol. The Morgan fingerprint density at radius 2 is 2.06 bits per heavy atom. The van der Waals surface area contributed by atoms with Gasteiger partial charge in [0, 0.05) is 13.1 Å². The molecule has 1 aliphatic rings. The van der Waals surface area contributed by atoms with Gasteiger partial charge >= 0.3 is 0 Å². The molecule has 1 aromatic rings. The molecule has 0 radical (unpaired) electrons. The molecule has 2 N–H and O–H groups in total. The van der Waals surface area contributed by atoms with Crippen molar-refractivity contribution in [2.75, 3.05) is 19.6 Å². The van der Waals surface area contributed by atoms with Gasteiger partial charge < -0.3 is 5.73 Å². The number of nitrogens with zero attached hydrogens (tertiary/aromatic N) is 2. The summed E-state index contributed by atoms with van der Waals surface area (Å²) >= 11 is 0. The van der Waals surface area contributed by atoms with E-state index in [2.05, 4.69) is 24.8 Å². The Kier molecular flexibility index (Phi) is 3.43. The fraction of sp³-hybridized carbons (Fsp3) is 0.533. The van der Waals surface area contributed by atoms with Crippen LogP contribution in [0.5, 0.6) is 0 Å². The molecule has 1 aromatic carbocycles. The molecule has 0 spiro atoms. The first-order chi connectivity index (χ1) is 8.45. The first kappa shape index (κ1) is 13.1. The molecule has 1 atom stereocenters. The molecule has 3 heteroatoms. The van der Waals surface area contributed by atoms with Crippen molar-refractivity contribution < 1.29 is 0 Å². The van der Waals surface area contributed by atoms with Gasteiger partial charge in [0.2, 0.25) is 0 Å². The Morgan fingerprint density at radius 1 is 1.39 bits per heavy atom. The van der Waals surface area contributed by atoms with Crippen LogP contribution < -0.4 is 5.73 Å². The zero-order chi connectivity index (χ0) is 13.2. The molecule has 18 heavy (non-hydrogen) atoms. The summed E-state index contributed by atoms with van der Waals surface area (Å²) in [6.07, 6.45) is 1.17. The molecule has 0 bridgehead atoms. The summed E-state index contributed by atoms with van der Waals surface area (Å²) in [6.45, 7) is 7.18. The van der Waals surface area contributed by atoms with E-state index in [1.54, 1.807) is 0 Å². The monoisotopic (exact) mass is 243 g/mol. The molecule has 1 saturated heterocycles. The summed E-state index contributed by atoms with van der Waals surface area (Å²) in [7, 11) is 0. The zero-order valence-electron chi connectivity index (χ0n) is 11.2. The molecule has 96 valence electrons. The van der Waals surface area contributed by atoms with E-state index < -0.39 is 5.54 Å². The number of nitriles is 1. The Bertz CT molecular complexity index is 447. The van der Waals surface area contributed by atoms with Gasteiger partial charge in [-0.25, -0.2) is 0 Å². The van der Waals surface area contributed by atoms with E-state index in [9.17, 15) is 5.26 Å². The minimum Gasteiger partial charge on any atom is -0.309 e.